The molecule has 0 radical (unpaired) electrons. The lowest BCUT2D eigenvalue weighted by Crippen LogP contribution is -2.50. The van der Waals surface area contributed by atoms with E-state index in [1.54, 1.807) is 10.9 Å². The Labute approximate surface area is 91.3 Å². The van der Waals surface area contributed by atoms with Crippen LogP contribution in [0.5, 0.6) is 0 Å². The van der Waals surface area contributed by atoms with Crippen LogP contribution in [0.3, 0.4) is 0 Å². The minimum atomic E-state index is -2.19. The summed E-state index contributed by atoms with van der Waals surface area (Å²) in [5.74, 6) is 7.17. The highest BCUT2D eigenvalue weighted by Gasteiger charge is 2.39. The summed E-state index contributed by atoms with van der Waals surface area (Å²) in [7, 11) is 0. The molecule has 0 atom stereocenters. The van der Waals surface area contributed by atoms with Crippen molar-refractivity contribution in [3.8, 4) is 0 Å². The Morgan fingerprint density at radius 3 is 1.69 bits per heavy atom. The van der Waals surface area contributed by atoms with Gasteiger partial charge in [-0.05, 0) is 0 Å². The second-order valence-electron chi connectivity index (χ2n) is 3.15. The Bertz CT molecular complexity index is 275. The van der Waals surface area contributed by atoms with Gasteiger partial charge in [-0.15, -0.1) is 0 Å². The van der Waals surface area contributed by atoms with Crippen molar-refractivity contribution in [1.29, 1.82) is 0 Å². The van der Waals surface area contributed by atoms with Crippen molar-refractivity contribution < 1.29 is 19.5 Å². The maximum atomic E-state index is 11.3. The van der Waals surface area contributed by atoms with Gasteiger partial charge in [-0.25, -0.2) is 11.7 Å². The molecule has 9 heteroatoms. The Morgan fingerprint density at radius 1 is 1.06 bits per heavy atom. The van der Waals surface area contributed by atoms with E-state index in [4.69, 9.17) is 17.4 Å². The summed E-state index contributed by atoms with van der Waals surface area (Å²) in [6.45, 7) is -0.508. The maximum absolute atomic E-state index is 11.3. The van der Waals surface area contributed by atoms with Crippen molar-refractivity contribution >= 4 is 17.6 Å². The van der Waals surface area contributed by atoms with Gasteiger partial charge >= 0.3 is 0 Å². The van der Waals surface area contributed by atoms with Crippen LogP contribution in [0.25, 0.3) is 0 Å². The van der Waals surface area contributed by atoms with Crippen LogP contribution < -0.4 is 28.3 Å². The van der Waals surface area contributed by atoms with Gasteiger partial charge < -0.3 is 10.8 Å². The van der Waals surface area contributed by atoms with Crippen molar-refractivity contribution in [3.63, 3.8) is 0 Å². The normalized spacial score (nSPS) is 10.8. The largest absolute Gasteiger partial charge is 0.381 e. The Balaban J connectivity index is 4.81. The molecular formula is C7H15N5O4. The third kappa shape index (κ3) is 3.90. The van der Waals surface area contributed by atoms with E-state index in [9.17, 15) is 19.5 Å². The molecule has 0 saturated heterocycles. The van der Waals surface area contributed by atoms with Gasteiger partial charge in [0.1, 0.15) is 5.60 Å². The molecule has 0 saturated carbocycles. The number of hydrogen-bond donors (Lipinski definition) is 6. The molecule has 0 heterocycles. The number of hydrogen-bond acceptors (Lipinski definition) is 7. The van der Waals surface area contributed by atoms with Gasteiger partial charge in [0.2, 0.25) is 11.8 Å². The maximum Gasteiger partial charge on any atom is 0.237 e. The van der Waals surface area contributed by atoms with Crippen LogP contribution in [0.4, 0.5) is 0 Å². The standard InChI is InChI=1S/C7H15N5O4/c8-3-4(13)7(16,1-5(14)11-9)2-6(15)12-10/h16H,1-3,8-10H2,(H,11,14)(H,12,15). The van der Waals surface area contributed by atoms with E-state index in [0.717, 1.165) is 0 Å². The number of nitrogens with one attached hydrogen (secondary N) is 2. The van der Waals surface area contributed by atoms with Gasteiger partial charge in [-0.2, -0.15) is 0 Å². The van der Waals surface area contributed by atoms with Gasteiger partial charge in [-0.1, -0.05) is 0 Å². The zero-order chi connectivity index (χ0) is 12.8. The smallest absolute Gasteiger partial charge is 0.237 e. The van der Waals surface area contributed by atoms with E-state index in [-0.39, 0.29) is 0 Å². The van der Waals surface area contributed by atoms with Crippen molar-refractivity contribution in [2.45, 2.75) is 18.4 Å². The summed E-state index contributed by atoms with van der Waals surface area (Å²) in [6.07, 6.45) is -1.32. The van der Waals surface area contributed by atoms with Crippen LogP contribution in [0.2, 0.25) is 0 Å². The SMILES string of the molecule is NCC(=O)C(O)(CC(=O)NN)CC(=O)NN. The summed E-state index contributed by atoms with van der Waals surface area (Å²) in [5, 5.41) is 9.82. The molecule has 9 nitrogen and oxygen atoms in total. The molecule has 0 aliphatic heterocycles. The number of hydrazine groups is 2. The zero-order valence-electron chi connectivity index (χ0n) is 8.53. The van der Waals surface area contributed by atoms with Crippen LogP contribution in [-0.4, -0.2) is 34.8 Å². The number of aliphatic hydroxyl groups is 1. The summed E-state index contributed by atoms with van der Waals surface area (Å²) >= 11 is 0. The number of amides is 2. The Morgan fingerprint density at radius 2 is 1.44 bits per heavy atom. The number of rotatable bonds is 6. The monoisotopic (exact) mass is 233 g/mol. The Hall–Kier alpha value is -1.55. The molecule has 0 bridgehead atoms. The minimum Gasteiger partial charge on any atom is -0.381 e. The van der Waals surface area contributed by atoms with Crippen molar-refractivity contribution in [2.75, 3.05) is 6.54 Å². The number of ketones is 1. The molecule has 0 spiro atoms. The molecule has 0 fully saturated rings. The number of carbonyl (C=O) groups is 3. The molecule has 9 N–H and O–H groups in total. The van der Waals surface area contributed by atoms with E-state index in [1.165, 1.54) is 0 Å². The van der Waals surface area contributed by atoms with Crippen LogP contribution in [0, 0.1) is 0 Å². The number of Topliss-reactive ketones (excluding diaryl/α,β-unsaturated/α-hetero) is 1. The summed E-state index contributed by atoms with van der Waals surface area (Å²) in [4.78, 5) is 33.3. The third-order valence-corrected chi connectivity index (χ3v) is 1.93. The molecule has 0 aliphatic rings. The summed E-state index contributed by atoms with van der Waals surface area (Å²) in [6, 6.07) is 0. The van der Waals surface area contributed by atoms with E-state index in [0.29, 0.717) is 0 Å². The highest BCUT2D eigenvalue weighted by atomic mass is 16.3. The fraction of sp³-hybridized carbons (Fsp3) is 0.571. The van der Waals surface area contributed by atoms with Crippen LogP contribution in [0.1, 0.15) is 12.8 Å². The highest BCUT2D eigenvalue weighted by molar-refractivity contribution is 5.97. The lowest BCUT2D eigenvalue weighted by molar-refractivity contribution is -0.147. The molecule has 0 unspecified atom stereocenters. The zero-order valence-corrected chi connectivity index (χ0v) is 8.53. The van der Waals surface area contributed by atoms with E-state index in [1.807, 2.05) is 0 Å². The topological polar surface area (TPSA) is 174 Å². The predicted molar refractivity (Wildman–Crippen MR) is 52.9 cm³/mol. The molecule has 92 valence electrons. The fourth-order valence-electron chi connectivity index (χ4n) is 1.08. The van der Waals surface area contributed by atoms with Gasteiger partial charge in [0.25, 0.3) is 0 Å². The van der Waals surface area contributed by atoms with Crippen LogP contribution in [-0.2, 0) is 14.4 Å². The molecule has 16 heavy (non-hydrogen) atoms. The molecule has 0 rings (SSSR count). The molecule has 0 aromatic carbocycles. The molecule has 2 amide bonds. The predicted octanol–water partition coefficient (Wildman–Crippen LogP) is -3.99. The second kappa shape index (κ2) is 6.12. The van der Waals surface area contributed by atoms with Gasteiger partial charge in [0.15, 0.2) is 5.78 Å². The van der Waals surface area contributed by atoms with Crippen molar-refractivity contribution in [3.05, 3.63) is 0 Å². The Kier molecular flexibility index (Phi) is 5.53. The molecule has 0 aromatic rings. The number of nitrogens with two attached hydrogens (primary N) is 3. The van der Waals surface area contributed by atoms with Crippen molar-refractivity contribution in [1.82, 2.24) is 10.9 Å². The molecule has 0 aliphatic carbocycles. The van der Waals surface area contributed by atoms with E-state index in [2.05, 4.69) is 0 Å². The first kappa shape index (κ1) is 14.5. The minimum absolute atomic E-state index is 0.508. The average molecular weight is 233 g/mol. The van der Waals surface area contributed by atoms with E-state index >= 15 is 0 Å². The fourth-order valence-corrected chi connectivity index (χ4v) is 1.08. The summed E-state index contributed by atoms with van der Waals surface area (Å²) in [5.41, 5.74) is 6.34. The first-order chi connectivity index (χ1) is 7.39. The van der Waals surface area contributed by atoms with Gasteiger partial charge in [-0.3, -0.25) is 25.2 Å². The second-order valence-corrected chi connectivity index (χ2v) is 3.15. The third-order valence-electron chi connectivity index (χ3n) is 1.93. The van der Waals surface area contributed by atoms with Crippen LogP contribution >= 0.6 is 0 Å². The van der Waals surface area contributed by atoms with Crippen molar-refractivity contribution in [2.24, 2.45) is 17.4 Å². The molecule has 0 aromatic heterocycles. The van der Waals surface area contributed by atoms with Crippen LogP contribution in [0.15, 0.2) is 0 Å². The average Bonchev–Trinajstić information content (AvgIpc) is 2.27. The number of carbonyl (C=O) groups excluding carboxylic acids is 3. The van der Waals surface area contributed by atoms with Gasteiger partial charge in [0.05, 0.1) is 19.4 Å². The highest BCUT2D eigenvalue weighted by Crippen LogP contribution is 2.16. The first-order valence-electron chi connectivity index (χ1n) is 4.34. The lowest BCUT2D eigenvalue weighted by atomic mass is 9.90. The van der Waals surface area contributed by atoms with E-state index < -0.39 is 42.6 Å². The van der Waals surface area contributed by atoms with Gasteiger partial charge in [0, 0.05) is 0 Å². The quantitative estimate of drug-likeness (QED) is 0.154. The lowest BCUT2D eigenvalue weighted by Gasteiger charge is -2.24. The first-order valence-corrected chi connectivity index (χ1v) is 4.34. The molecular weight excluding hydrogens is 218 g/mol. The summed E-state index contributed by atoms with van der Waals surface area (Å²) < 4.78 is 0.